The number of ether oxygens (including phenoxy) is 1. The molecule has 2 heterocycles. The first-order valence-corrected chi connectivity index (χ1v) is 8.85. The van der Waals surface area contributed by atoms with Crippen molar-refractivity contribution in [2.45, 2.75) is 20.4 Å². The molecule has 0 aliphatic carbocycles. The van der Waals surface area contributed by atoms with Gasteiger partial charge in [-0.1, -0.05) is 22.9 Å². The van der Waals surface area contributed by atoms with Crippen molar-refractivity contribution in [2.24, 2.45) is 0 Å². The molecule has 0 unspecified atom stereocenters. The molecule has 7 nitrogen and oxygen atoms in total. The number of methoxy groups -OCH3 is 1. The van der Waals surface area contributed by atoms with Gasteiger partial charge in [0.15, 0.2) is 5.82 Å². The standard InChI is InChI=1S/C19H26N4O3/c1-14-4-5-17(25-3)16(10-14)12-22-6-8-23(9-7-22)13-19(24)20-18-11-15(2)26-21-18/h4-5,10-11H,6-9,12-13H2,1-3H3,(H,20,21,24). The van der Waals surface area contributed by atoms with Gasteiger partial charge in [0, 0.05) is 44.4 Å². The number of carbonyl (C=O) groups is 1. The summed E-state index contributed by atoms with van der Waals surface area (Å²) >= 11 is 0. The molecule has 1 aliphatic rings. The van der Waals surface area contributed by atoms with E-state index in [1.54, 1.807) is 20.1 Å². The highest BCUT2D eigenvalue weighted by molar-refractivity contribution is 5.91. The predicted molar refractivity (Wildman–Crippen MR) is 99.3 cm³/mol. The Hall–Kier alpha value is -2.38. The lowest BCUT2D eigenvalue weighted by Crippen LogP contribution is -2.48. The van der Waals surface area contributed by atoms with E-state index in [9.17, 15) is 4.79 Å². The van der Waals surface area contributed by atoms with Crippen molar-refractivity contribution < 1.29 is 14.1 Å². The Morgan fingerprint density at radius 3 is 2.58 bits per heavy atom. The molecule has 1 amide bonds. The molecule has 7 heteroatoms. The van der Waals surface area contributed by atoms with Gasteiger partial charge in [0.2, 0.25) is 5.91 Å². The zero-order valence-corrected chi connectivity index (χ0v) is 15.6. The maximum atomic E-state index is 12.1. The van der Waals surface area contributed by atoms with Gasteiger partial charge in [-0.2, -0.15) is 0 Å². The quantitative estimate of drug-likeness (QED) is 0.852. The highest BCUT2D eigenvalue weighted by atomic mass is 16.5. The Kier molecular flexibility index (Phi) is 5.90. The van der Waals surface area contributed by atoms with Gasteiger partial charge < -0.3 is 14.6 Å². The van der Waals surface area contributed by atoms with Crippen LogP contribution in [0.3, 0.4) is 0 Å². The average Bonchev–Trinajstić information content (AvgIpc) is 3.01. The number of rotatable bonds is 6. The average molecular weight is 358 g/mol. The third kappa shape index (κ3) is 4.83. The van der Waals surface area contributed by atoms with Gasteiger partial charge in [-0.05, 0) is 19.9 Å². The van der Waals surface area contributed by atoms with Crippen LogP contribution in [0.15, 0.2) is 28.8 Å². The molecule has 0 saturated carbocycles. The molecule has 0 bridgehead atoms. The van der Waals surface area contributed by atoms with Crippen molar-refractivity contribution >= 4 is 11.7 Å². The van der Waals surface area contributed by atoms with Gasteiger partial charge in [0.1, 0.15) is 11.5 Å². The number of aryl methyl sites for hydroxylation is 2. The first-order chi connectivity index (χ1) is 12.5. The molecule has 1 aromatic heterocycles. The molecule has 1 aliphatic heterocycles. The van der Waals surface area contributed by atoms with Crippen LogP contribution >= 0.6 is 0 Å². The first-order valence-electron chi connectivity index (χ1n) is 8.85. The fourth-order valence-electron chi connectivity index (χ4n) is 3.19. The molecular formula is C19H26N4O3. The molecule has 1 N–H and O–H groups in total. The summed E-state index contributed by atoms with van der Waals surface area (Å²) in [5.74, 6) is 2.02. The minimum absolute atomic E-state index is 0.0629. The van der Waals surface area contributed by atoms with Crippen LogP contribution in [0.5, 0.6) is 5.75 Å². The molecule has 1 aromatic carbocycles. The molecule has 140 valence electrons. The third-order valence-electron chi connectivity index (χ3n) is 4.56. The predicted octanol–water partition coefficient (Wildman–Crippen LogP) is 2.06. The maximum Gasteiger partial charge on any atom is 0.239 e. The summed E-state index contributed by atoms with van der Waals surface area (Å²) in [4.78, 5) is 16.7. The number of hydrogen-bond donors (Lipinski definition) is 1. The molecule has 1 fully saturated rings. The van der Waals surface area contributed by atoms with E-state index in [1.807, 2.05) is 6.07 Å². The molecule has 2 aromatic rings. The van der Waals surface area contributed by atoms with Gasteiger partial charge in [-0.25, -0.2) is 0 Å². The molecule has 0 atom stereocenters. The zero-order chi connectivity index (χ0) is 18.5. The van der Waals surface area contributed by atoms with Crippen LogP contribution in [0.1, 0.15) is 16.9 Å². The Labute approximate surface area is 153 Å². The molecule has 0 radical (unpaired) electrons. The molecular weight excluding hydrogens is 332 g/mol. The van der Waals surface area contributed by atoms with Crippen molar-refractivity contribution in [3.05, 3.63) is 41.2 Å². The summed E-state index contributed by atoms with van der Waals surface area (Å²) in [6.45, 7) is 8.69. The number of benzene rings is 1. The van der Waals surface area contributed by atoms with E-state index in [0.29, 0.717) is 18.1 Å². The van der Waals surface area contributed by atoms with E-state index < -0.39 is 0 Å². The van der Waals surface area contributed by atoms with Gasteiger partial charge in [0.05, 0.1) is 13.7 Å². The molecule has 3 rings (SSSR count). The van der Waals surface area contributed by atoms with E-state index in [4.69, 9.17) is 9.26 Å². The number of piperazine rings is 1. The van der Waals surface area contributed by atoms with E-state index >= 15 is 0 Å². The number of anilines is 1. The van der Waals surface area contributed by atoms with Crippen LogP contribution in [-0.4, -0.2) is 60.7 Å². The van der Waals surface area contributed by atoms with Crippen LogP contribution in [-0.2, 0) is 11.3 Å². The fourth-order valence-corrected chi connectivity index (χ4v) is 3.19. The van der Waals surface area contributed by atoms with Gasteiger partial charge in [-0.15, -0.1) is 0 Å². The fraction of sp³-hybridized carbons (Fsp3) is 0.474. The third-order valence-corrected chi connectivity index (χ3v) is 4.56. The van der Waals surface area contributed by atoms with Crippen LogP contribution in [0.2, 0.25) is 0 Å². The second-order valence-electron chi connectivity index (χ2n) is 6.74. The highest BCUT2D eigenvalue weighted by Gasteiger charge is 2.20. The zero-order valence-electron chi connectivity index (χ0n) is 15.6. The summed E-state index contributed by atoms with van der Waals surface area (Å²) in [5, 5.41) is 6.55. The van der Waals surface area contributed by atoms with Crippen LogP contribution in [0.4, 0.5) is 5.82 Å². The van der Waals surface area contributed by atoms with Crippen molar-refractivity contribution in [2.75, 3.05) is 45.2 Å². The van der Waals surface area contributed by atoms with Crippen molar-refractivity contribution in [3.63, 3.8) is 0 Å². The lowest BCUT2D eigenvalue weighted by Gasteiger charge is -2.34. The minimum atomic E-state index is -0.0629. The monoisotopic (exact) mass is 358 g/mol. The normalized spacial score (nSPS) is 15.8. The number of hydrogen-bond acceptors (Lipinski definition) is 6. The maximum absolute atomic E-state index is 12.1. The second kappa shape index (κ2) is 8.33. The number of carbonyl (C=O) groups excluding carboxylic acids is 1. The Morgan fingerprint density at radius 2 is 1.92 bits per heavy atom. The summed E-state index contributed by atoms with van der Waals surface area (Å²) < 4.78 is 10.4. The topological polar surface area (TPSA) is 70.8 Å². The summed E-state index contributed by atoms with van der Waals surface area (Å²) in [5.41, 5.74) is 2.44. The van der Waals surface area contributed by atoms with Gasteiger partial charge in [-0.3, -0.25) is 14.6 Å². The number of nitrogens with zero attached hydrogens (tertiary/aromatic N) is 3. The first kappa shape index (κ1) is 18.4. The Morgan fingerprint density at radius 1 is 1.19 bits per heavy atom. The largest absolute Gasteiger partial charge is 0.496 e. The van der Waals surface area contributed by atoms with Gasteiger partial charge >= 0.3 is 0 Å². The highest BCUT2D eigenvalue weighted by Crippen LogP contribution is 2.22. The van der Waals surface area contributed by atoms with Crippen LogP contribution in [0.25, 0.3) is 0 Å². The van der Waals surface area contributed by atoms with E-state index in [2.05, 4.69) is 39.3 Å². The molecule has 26 heavy (non-hydrogen) atoms. The van der Waals surface area contributed by atoms with Crippen LogP contribution < -0.4 is 10.1 Å². The number of amides is 1. The SMILES string of the molecule is COc1ccc(C)cc1CN1CCN(CC(=O)Nc2cc(C)on2)CC1. The molecule has 1 saturated heterocycles. The minimum Gasteiger partial charge on any atom is -0.496 e. The lowest BCUT2D eigenvalue weighted by molar-refractivity contribution is -0.117. The van der Waals surface area contributed by atoms with Crippen LogP contribution in [0, 0.1) is 13.8 Å². The smallest absolute Gasteiger partial charge is 0.239 e. The van der Waals surface area contributed by atoms with Gasteiger partial charge in [0.25, 0.3) is 0 Å². The summed E-state index contributed by atoms with van der Waals surface area (Å²) in [6, 6.07) is 7.98. The Balaban J connectivity index is 1.47. The lowest BCUT2D eigenvalue weighted by atomic mass is 10.1. The number of nitrogens with one attached hydrogen (secondary N) is 1. The Bertz CT molecular complexity index is 751. The van der Waals surface area contributed by atoms with Crippen molar-refractivity contribution in [3.8, 4) is 5.75 Å². The van der Waals surface area contributed by atoms with E-state index in [1.165, 1.54) is 11.1 Å². The van der Waals surface area contributed by atoms with E-state index in [-0.39, 0.29) is 5.91 Å². The van der Waals surface area contributed by atoms with E-state index in [0.717, 1.165) is 38.5 Å². The van der Waals surface area contributed by atoms with Crippen molar-refractivity contribution in [1.82, 2.24) is 15.0 Å². The van der Waals surface area contributed by atoms with Crippen molar-refractivity contribution in [1.29, 1.82) is 0 Å². The second-order valence-corrected chi connectivity index (χ2v) is 6.74. The summed E-state index contributed by atoms with van der Waals surface area (Å²) in [6.07, 6.45) is 0. The molecule has 0 spiro atoms. The number of aromatic nitrogens is 1. The summed E-state index contributed by atoms with van der Waals surface area (Å²) in [7, 11) is 1.71.